The van der Waals surface area contributed by atoms with Gasteiger partial charge in [0.2, 0.25) is 10.0 Å². The van der Waals surface area contributed by atoms with Crippen LogP contribution in [0.25, 0.3) is 0 Å². The second-order valence-corrected chi connectivity index (χ2v) is 7.90. The van der Waals surface area contributed by atoms with Gasteiger partial charge in [-0.15, -0.1) is 0 Å². The highest BCUT2D eigenvalue weighted by Gasteiger charge is 2.35. The Morgan fingerprint density at radius 3 is 2.68 bits per heavy atom. The molecule has 22 heavy (non-hydrogen) atoms. The molecule has 1 aromatic carbocycles. The molecular weight excluding hydrogens is 306 g/mol. The number of hydrogen-bond acceptors (Lipinski definition) is 5. The fourth-order valence-electron chi connectivity index (χ4n) is 3.30. The number of sulfonamides is 1. The zero-order valence-electron chi connectivity index (χ0n) is 12.4. The first-order valence-electron chi connectivity index (χ1n) is 7.39. The van der Waals surface area contributed by atoms with Gasteiger partial charge in [0.15, 0.2) is 0 Å². The predicted octanol–water partition coefficient (Wildman–Crippen LogP) is 1.42. The zero-order chi connectivity index (χ0) is 15.9. The second kappa shape index (κ2) is 5.60. The van der Waals surface area contributed by atoms with Crippen LogP contribution in [-0.4, -0.2) is 42.8 Å². The van der Waals surface area contributed by atoms with Crippen molar-refractivity contribution in [1.82, 2.24) is 9.62 Å². The number of nitro groups is 1. The molecule has 7 nitrogen and oxygen atoms in total. The molecule has 0 saturated carbocycles. The molecule has 0 radical (unpaired) electrons. The molecule has 0 amide bonds. The molecule has 2 aliphatic rings. The van der Waals surface area contributed by atoms with Gasteiger partial charge in [0.05, 0.1) is 9.82 Å². The molecule has 1 aromatic rings. The molecule has 2 fully saturated rings. The maximum absolute atomic E-state index is 12.8. The van der Waals surface area contributed by atoms with Gasteiger partial charge in [-0.2, -0.15) is 4.31 Å². The number of rotatable bonds is 3. The van der Waals surface area contributed by atoms with Gasteiger partial charge >= 0.3 is 0 Å². The van der Waals surface area contributed by atoms with Crippen LogP contribution in [0, 0.1) is 17.0 Å². The molecule has 0 spiro atoms. The molecule has 0 aromatic heterocycles. The Kier molecular flexibility index (Phi) is 3.92. The van der Waals surface area contributed by atoms with Gasteiger partial charge in [-0.3, -0.25) is 10.1 Å². The number of nitrogens with one attached hydrogen (secondary N) is 1. The Morgan fingerprint density at radius 1 is 1.27 bits per heavy atom. The fraction of sp³-hybridized carbons (Fsp3) is 0.571. The van der Waals surface area contributed by atoms with E-state index in [1.54, 1.807) is 6.92 Å². The summed E-state index contributed by atoms with van der Waals surface area (Å²) < 4.78 is 27.2. The van der Waals surface area contributed by atoms with E-state index in [4.69, 9.17) is 0 Å². The van der Waals surface area contributed by atoms with E-state index in [1.807, 2.05) is 0 Å². The number of aryl methyl sites for hydroxylation is 1. The molecule has 120 valence electrons. The van der Waals surface area contributed by atoms with Crippen LogP contribution in [-0.2, 0) is 10.0 Å². The number of benzene rings is 1. The molecule has 2 bridgehead atoms. The van der Waals surface area contributed by atoms with Gasteiger partial charge in [0.1, 0.15) is 0 Å². The van der Waals surface area contributed by atoms with E-state index >= 15 is 0 Å². The number of hydrogen-bond donors (Lipinski definition) is 1. The van der Waals surface area contributed by atoms with E-state index in [0.717, 1.165) is 19.3 Å². The summed E-state index contributed by atoms with van der Waals surface area (Å²) in [6.45, 7) is 2.56. The van der Waals surface area contributed by atoms with Gasteiger partial charge in [-0.25, -0.2) is 8.42 Å². The Balaban J connectivity index is 1.91. The first-order valence-corrected chi connectivity index (χ1v) is 8.83. The van der Waals surface area contributed by atoms with E-state index in [0.29, 0.717) is 24.7 Å². The van der Waals surface area contributed by atoms with Crippen molar-refractivity contribution in [2.24, 2.45) is 0 Å². The quantitative estimate of drug-likeness (QED) is 0.670. The fourth-order valence-corrected chi connectivity index (χ4v) is 5.01. The summed E-state index contributed by atoms with van der Waals surface area (Å²) in [7, 11) is -3.61. The van der Waals surface area contributed by atoms with E-state index in [-0.39, 0.29) is 16.6 Å². The van der Waals surface area contributed by atoms with Crippen LogP contribution in [0.5, 0.6) is 0 Å². The SMILES string of the molecule is Cc1cc([N+](=O)[O-])ccc1S(=O)(=O)N1CCC2CCC(C1)N2. The first-order chi connectivity index (χ1) is 10.4. The third-order valence-corrected chi connectivity index (χ3v) is 6.50. The Labute approximate surface area is 129 Å². The molecule has 2 aliphatic heterocycles. The predicted molar refractivity (Wildman–Crippen MR) is 81.2 cm³/mol. The smallest absolute Gasteiger partial charge is 0.269 e. The maximum atomic E-state index is 12.8. The van der Waals surface area contributed by atoms with E-state index in [1.165, 1.54) is 22.5 Å². The largest absolute Gasteiger partial charge is 0.310 e. The van der Waals surface area contributed by atoms with Gasteiger partial charge in [-0.1, -0.05) is 0 Å². The van der Waals surface area contributed by atoms with E-state index in [9.17, 15) is 18.5 Å². The lowest BCUT2D eigenvalue weighted by Crippen LogP contribution is -2.39. The average Bonchev–Trinajstić information content (AvgIpc) is 2.77. The van der Waals surface area contributed by atoms with Crippen molar-refractivity contribution in [3.05, 3.63) is 33.9 Å². The lowest BCUT2D eigenvalue weighted by Gasteiger charge is -2.24. The van der Waals surface area contributed by atoms with Gasteiger partial charge in [0.25, 0.3) is 5.69 Å². The van der Waals surface area contributed by atoms with Crippen LogP contribution >= 0.6 is 0 Å². The molecule has 3 rings (SSSR count). The number of nitro benzene ring substituents is 1. The zero-order valence-corrected chi connectivity index (χ0v) is 13.2. The number of non-ortho nitro benzene ring substituents is 1. The topological polar surface area (TPSA) is 92.5 Å². The summed E-state index contributed by atoms with van der Waals surface area (Å²) in [6, 6.07) is 4.53. The number of nitrogens with zero attached hydrogens (tertiary/aromatic N) is 2. The third kappa shape index (κ3) is 2.73. The lowest BCUT2D eigenvalue weighted by atomic mass is 10.1. The maximum Gasteiger partial charge on any atom is 0.269 e. The molecule has 1 N–H and O–H groups in total. The Bertz CT molecular complexity index is 704. The highest BCUT2D eigenvalue weighted by atomic mass is 32.2. The lowest BCUT2D eigenvalue weighted by molar-refractivity contribution is -0.385. The summed E-state index contributed by atoms with van der Waals surface area (Å²) in [4.78, 5) is 10.4. The van der Waals surface area contributed by atoms with E-state index < -0.39 is 14.9 Å². The summed E-state index contributed by atoms with van der Waals surface area (Å²) in [6.07, 6.45) is 2.91. The third-order valence-electron chi connectivity index (χ3n) is 4.47. The summed E-state index contributed by atoms with van der Waals surface area (Å²) in [5.74, 6) is 0. The minimum atomic E-state index is -3.61. The highest BCUT2D eigenvalue weighted by Crippen LogP contribution is 2.28. The summed E-state index contributed by atoms with van der Waals surface area (Å²) in [5.41, 5.74) is 0.324. The van der Waals surface area contributed by atoms with Crippen LogP contribution in [0.2, 0.25) is 0 Å². The van der Waals surface area contributed by atoms with Crippen molar-refractivity contribution in [3.8, 4) is 0 Å². The molecule has 2 saturated heterocycles. The van der Waals surface area contributed by atoms with Crippen LogP contribution < -0.4 is 5.32 Å². The van der Waals surface area contributed by atoms with Crippen molar-refractivity contribution < 1.29 is 13.3 Å². The molecular formula is C14H19N3O4S. The van der Waals surface area contributed by atoms with Crippen LogP contribution in [0.1, 0.15) is 24.8 Å². The van der Waals surface area contributed by atoms with Gasteiger partial charge < -0.3 is 5.32 Å². The standard InChI is InChI=1S/C14H19N3O4S/c1-10-8-13(17(18)19)4-5-14(10)22(20,21)16-7-6-11-2-3-12(9-16)15-11/h4-5,8,11-12,15H,2-3,6-7,9H2,1H3. The van der Waals surface area contributed by atoms with Crippen molar-refractivity contribution in [3.63, 3.8) is 0 Å². The minimum Gasteiger partial charge on any atom is -0.310 e. The van der Waals surface area contributed by atoms with Gasteiger partial charge in [-0.05, 0) is 37.8 Å². The molecule has 2 heterocycles. The first kappa shape index (κ1) is 15.4. The van der Waals surface area contributed by atoms with Gasteiger partial charge in [0, 0.05) is 37.3 Å². The van der Waals surface area contributed by atoms with E-state index in [2.05, 4.69) is 5.32 Å². The molecule has 8 heteroatoms. The Hall–Kier alpha value is -1.51. The Morgan fingerprint density at radius 2 is 2.00 bits per heavy atom. The second-order valence-electron chi connectivity index (χ2n) is 6.00. The van der Waals surface area contributed by atoms with Crippen LogP contribution in [0.15, 0.2) is 23.1 Å². The summed E-state index contributed by atoms with van der Waals surface area (Å²) in [5, 5.41) is 14.2. The monoisotopic (exact) mass is 325 g/mol. The molecule has 0 aliphatic carbocycles. The minimum absolute atomic E-state index is 0.0898. The van der Waals surface area contributed by atoms with Crippen LogP contribution in [0.4, 0.5) is 5.69 Å². The highest BCUT2D eigenvalue weighted by molar-refractivity contribution is 7.89. The van der Waals surface area contributed by atoms with Crippen LogP contribution in [0.3, 0.4) is 0 Å². The molecule has 2 unspecified atom stereocenters. The summed E-state index contributed by atoms with van der Waals surface area (Å²) >= 11 is 0. The average molecular weight is 325 g/mol. The van der Waals surface area contributed by atoms with Crippen molar-refractivity contribution in [2.45, 2.75) is 43.2 Å². The van der Waals surface area contributed by atoms with Crippen molar-refractivity contribution >= 4 is 15.7 Å². The van der Waals surface area contributed by atoms with Crippen molar-refractivity contribution in [2.75, 3.05) is 13.1 Å². The normalized spacial score (nSPS) is 25.9. The molecule has 2 atom stereocenters. The number of fused-ring (bicyclic) bond motifs is 2. The van der Waals surface area contributed by atoms with Crippen molar-refractivity contribution in [1.29, 1.82) is 0 Å².